The van der Waals surface area contributed by atoms with E-state index in [0.717, 1.165) is 11.1 Å². The Hall–Kier alpha value is -2.04. The fourth-order valence-corrected chi connectivity index (χ4v) is 2.40. The molecule has 0 saturated carbocycles. The summed E-state index contributed by atoms with van der Waals surface area (Å²) >= 11 is 12.1. The van der Waals surface area contributed by atoms with Crippen LogP contribution < -0.4 is 5.32 Å². The molecular formula is C17H15Cl2NO3. The third-order valence-electron chi connectivity index (χ3n) is 3.14. The molecule has 0 aliphatic heterocycles. The molecule has 4 nitrogen and oxygen atoms in total. The highest BCUT2D eigenvalue weighted by molar-refractivity contribution is 6.40. The van der Waals surface area contributed by atoms with Crippen LogP contribution in [-0.4, -0.2) is 18.5 Å². The zero-order chi connectivity index (χ0) is 17.0. The second-order valence-electron chi connectivity index (χ2n) is 5.05. The van der Waals surface area contributed by atoms with E-state index in [1.165, 1.54) is 0 Å². The molecule has 2 rings (SSSR count). The summed E-state index contributed by atoms with van der Waals surface area (Å²) < 4.78 is 4.99. The number of aryl methyl sites for hydroxylation is 2. The van der Waals surface area contributed by atoms with Gasteiger partial charge >= 0.3 is 5.97 Å². The molecule has 120 valence electrons. The highest BCUT2D eigenvalue weighted by atomic mass is 35.5. The van der Waals surface area contributed by atoms with Crippen LogP contribution in [0.25, 0.3) is 0 Å². The first kappa shape index (κ1) is 17.3. The lowest BCUT2D eigenvalue weighted by atomic mass is 10.1. The van der Waals surface area contributed by atoms with Crippen LogP contribution >= 0.6 is 23.2 Å². The van der Waals surface area contributed by atoms with Gasteiger partial charge in [0, 0.05) is 0 Å². The van der Waals surface area contributed by atoms with E-state index in [9.17, 15) is 9.59 Å². The number of hydrogen-bond donors (Lipinski definition) is 1. The molecule has 6 heteroatoms. The Bertz CT molecular complexity index is 759. The SMILES string of the molecule is Cc1cccc(C(=O)OCC(=O)Nc2c(Cl)ccc(C)c2Cl)c1. The summed E-state index contributed by atoms with van der Waals surface area (Å²) in [6, 6.07) is 10.3. The summed E-state index contributed by atoms with van der Waals surface area (Å²) in [6.07, 6.45) is 0. The molecule has 0 atom stereocenters. The molecule has 0 aromatic heterocycles. The van der Waals surface area contributed by atoms with Crippen molar-refractivity contribution >= 4 is 40.8 Å². The number of rotatable bonds is 4. The van der Waals surface area contributed by atoms with Gasteiger partial charge in [-0.2, -0.15) is 0 Å². The first-order chi connectivity index (χ1) is 10.9. The zero-order valence-corrected chi connectivity index (χ0v) is 14.2. The average Bonchev–Trinajstić information content (AvgIpc) is 2.53. The van der Waals surface area contributed by atoms with Crippen LogP contribution in [0.4, 0.5) is 5.69 Å². The van der Waals surface area contributed by atoms with Crippen LogP contribution in [0.5, 0.6) is 0 Å². The van der Waals surface area contributed by atoms with Crippen molar-refractivity contribution in [3.05, 3.63) is 63.1 Å². The first-order valence-corrected chi connectivity index (χ1v) is 7.62. The topological polar surface area (TPSA) is 55.4 Å². The van der Waals surface area contributed by atoms with Gasteiger partial charge in [-0.1, -0.05) is 47.0 Å². The van der Waals surface area contributed by atoms with E-state index in [1.807, 2.05) is 13.0 Å². The molecule has 23 heavy (non-hydrogen) atoms. The Kier molecular flexibility index (Phi) is 5.64. The van der Waals surface area contributed by atoms with E-state index in [4.69, 9.17) is 27.9 Å². The highest BCUT2D eigenvalue weighted by Gasteiger charge is 2.14. The smallest absolute Gasteiger partial charge is 0.338 e. The van der Waals surface area contributed by atoms with Crippen molar-refractivity contribution in [2.75, 3.05) is 11.9 Å². The fourth-order valence-electron chi connectivity index (χ4n) is 1.93. The molecular weight excluding hydrogens is 337 g/mol. The molecule has 2 aromatic carbocycles. The van der Waals surface area contributed by atoms with Gasteiger partial charge in [-0.3, -0.25) is 4.79 Å². The molecule has 0 unspecified atom stereocenters. The highest BCUT2D eigenvalue weighted by Crippen LogP contribution is 2.32. The number of hydrogen-bond acceptors (Lipinski definition) is 3. The molecule has 0 saturated heterocycles. The maximum absolute atomic E-state index is 11.9. The number of nitrogens with one attached hydrogen (secondary N) is 1. The number of benzene rings is 2. The van der Waals surface area contributed by atoms with E-state index >= 15 is 0 Å². The van der Waals surface area contributed by atoms with Crippen LogP contribution in [0.1, 0.15) is 21.5 Å². The van der Waals surface area contributed by atoms with Crippen molar-refractivity contribution in [2.24, 2.45) is 0 Å². The molecule has 0 aliphatic rings. The summed E-state index contributed by atoms with van der Waals surface area (Å²) in [4.78, 5) is 23.8. The zero-order valence-electron chi connectivity index (χ0n) is 12.7. The summed E-state index contributed by atoms with van der Waals surface area (Å²) in [6.45, 7) is 3.24. The molecule has 1 amide bonds. The van der Waals surface area contributed by atoms with Gasteiger partial charge in [0.15, 0.2) is 6.61 Å². The van der Waals surface area contributed by atoms with E-state index in [2.05, 4.69) is 5.32 Å². The maximum atomic E-state index is 11.9. The van der Waals surface area contributed by atoms with Crippen molar-refractivity contribution in [3.63, 3.8) is 0 Å². The van der Waals surface area contributed by atoms with Crippen LogP contribution in [0.15, 0.2) is 36.4 Å². The molecule has 2 aromatic rings. The first-order valence-electron chi connectivity index (χ1n) is 6.86. The van der Waals surface area contributed by atoms with Gasteiger partial charge < -0.3 is 10.1 Å². The van der Waals surface area contributed by atoms with E-state index < -0.39 is 18.5 Å². The van der Waals surface area contributed by atoms with Gasteiger partial charge in [0.2, 0.25) is 0 Å². The van der Waals surface area contributed by atoms with Gasteiger partial charge in [0.1, 0.15) is 0 Å². The van der Waals surface area contributed by atoms with Crippen molar-refractivity contribution in [3.8, 4) is 0 Å². The monoisotopic (exact) mass is 351 g/mol. The lowest BCUT2D eigenvalue weighted by Crippen LogP contribution is -2.21. The van der Waals surface area contributed by atoms with E-state index in [1.54, 1.807) is 37.3 Å². The molecule has 0 bridgehead atoms. The molecule has 0 fully saturated rings. The van der Waals surface area contributed by atoms with Crippen LogP contribution in [0, 0.1) is 13.8 Å². The Labute approximate surface area is 144 Å². The van der Waals surface area contributed by atoms with Crippen molar-refractivity contribution in [1.29, 1.82) is 0 Å². The van der Waals surface area contributed by atoms with E-state index in [0.29, 0.717) is 21.3 Å². The molecule has 0 radical (unpaired) electrons. The standard InChI is InChI=1S/C17H15Cl2NO3/c1-10-4-3-5-12(8-10)17(22)23-9-14(21)20-16-13(18)7-6-11(2)15(16)19/h3-8H,9H2,1-2H3,(H,20,21). The van der Waals surface area contributed by atoms with Gasteiger partial charge in [-0.25, -0.2) is 4.79 Å². The van der Waals surface area contributed by atoms with Crippen LogP contribution in [0.2, 0.25) is 10.0 Å². The summed E-state index contributed by atoms with van der Waals surface area (Å²) in [5.41, 5.74) is 2.42. The Balaban J connectivity index is 1.98. The minimum atomic E-state index is -0.565. The minimum absolute atomic E-state index is 0.310. The molecule has 0 aliphatic carbocycles. The van der Waals surface area contributed by atoms with Gasteiger partial charge in [-0.15, -0.1) is 0 Å². The van der Waals surface area contributed by atoms with E-state index in [-0.39, 0.29) is 0 Å². The Morgan fingerprint density at radius 2 is 1.87 bits per heavy atom. The number of carbonyl (C=O) groups excluding carboxylic acids is 2. The van der Waals surface area contributed by atoms with Gasteiger partial charge in [0.05, 0.1) is 21.3 Å². The predicted octanol–water partition coefficient (Wildman–Crippen LogP) is 4.41. The normalized spacial score (nSPS) is 10.3. The van der Waals surface area contributed by atoms with Crippen LogP contribution in [0.3, 0.4) is 0 Å². The second-order valence-corrected chi connectivity index (χ2v) is 5.83. The number of carbonyl (C=O) groups is 2. The third-order valence-corrected chi connectivity index (χ3v) is 3.94. The Morgan fingerprint density at radius 3 is 2.57 bits per heavy atom. The molecule has 0 heterocycles. The van der Waals surface area contributed by atoms with Crippen molar-refractivity contribution < 1.29 is 14.3 Å². The number of anilines is 1. The number of esters is 1. The average molecular weight is 352 g/mol. The molecule has 1 N–H and O–H groups in total. The second kappa shape index (κ2) is 7.49. The van der Waals surface area contributed by atoms with Crippen molar-refractivity contribution in [2.45, 2.75) is 13.8 Å². The minimum Gasteiger partial charge on any atom is -0.452 e. The lowest BCUT2D eigenvalue weighted by molar-refractivity contribution is -0.119. The fraction of sp³-hybridized carbons (Fsp3) is 0.176. The third kappa shape index (κ3) is 4.47. The van der Waals surface area contributed by atoms with Gasteiger partial charge in [0.25, 0.3) is 5.91 Å². The summed E-state index contributed by atoms with van der Waals surface area (Å²) in [7, 11) is 0. The van der Waals surface area contributed by atoms with Crippen LogP contribution in [-0.2, 0) is 9.53 Å². The Morgan fingerprint density at radius 1 is 1.13 bits per heavy atom. The summed E-state index contributed by atoms with van der Waals surface area (Å²) in [5, 5.41) is 3.23. The molecule has 0 spiro atoms. The van der Waals surface area contributed by atoms with Gasteiger partial charge in [-0.05, 0) is 37.6 Å². The number of amides is 1. The largest absolute Gasteiger partial charge is 0.452 e. The quantitative estimate of drug-likeness (QED) is 0.830. The van der Waals surface area contributed by atoms with Crippen molar-refractivity contribution in [1.82, 2.24) is 0 Å². The maximum Gasteiger partial charge on any atom is 0.338 e. The number of ether oxygens (including phenoxy) is 1. The lowest BCUT2D eigenvalue weighted by Gasteiger charge is -2.11. The predicted molar refractivity (Wildman–Crippen MR) is 91.3 cm³/mol. The summed E-state index contributed by atoms with van der Waals surface area (Å²) in [5.74, 6) is -1.08. The number of halogens is 2.